The highest BCUT2D eigenvalue weighted by atomic mass is 16.5. The van der Waals surface area contributed by atoms with Gasteiger partial charge in [0.05, 0.1) is 25.5 Å². The average molecular weight is 273 g/mol. The molecule has 0 aliphatic rings. The van der Waals surface area contributed by atoms with Crippen LogP contribution in [0.1, 0.15) is 22.4 Å². The molecule has 0 spiro atoms. The first-order chi connectivity index (χ1) is 9.72. The van der Waals surface area contributed by atoms with Crippen LogP contribution >= 0.6 is 0 Å². The Kier molecular flexibility index (Phi) is 5.09. The fourth-order valence-electron chi connectivity index (χ4n) is 1.97. The second-order valence-corrected chi connectivity index (χ2v) is 4.61. The maximum atomic E-state index is 10.0. The molecule has 1 aromatic heterocycles. The van der Waals surface area contributed by atoms with Gasteiger partial charge in [-0.3, -0.25) is 4.98 Å². The number of pyridine rings is 1. The number of benzene rings is 1. The van der Waals surface area contributed by atoms with E-state index in [9.17, 15) is 5.11 Å². The van der Waals surface area contributed by atoms with Gasteiger partial charge in [-0.15, -0.1) is 0 Å². The topological polar surface area (TPSA) is 51.6 Å². The van der Waals surface area contributed by atoms with Crippen LogP contribution in [-0.4, -0.2) is 17.2 Å². The van der Waals surface area contributed by atoms with Crippen molar-refractivity contribution >= 4 is 0 Å². The third-order valence-electron chi connectivity index (χ3n) is 3.09. The van der Waals surface area contributed by atoms with Gasteiger partial charge in [-0.05, 0) is 12.5 Å². The lowest BCUT2D eigenvalue weighted by atomic mass is 10.1. The minimum atomic E-state index is 0.188. The van der Waals surface area contributed by atoms with E-state index in [1.807, 2.05) is 30.3 Å². The molecule has 0 saturated heterocycles. The minimum absolute atomic E-state index is 0.188. The van der Waals surface area contributed by atoms with Crippen LogP contribution in [0.3, 0.4) is 0 Å². The molecule has 0 aliphatic carbocycles. The summed E-state index contributed by atoms with van der Waals surface area (Å²) in [5.74, 6) is 0.188. The van der Waals surface area contributed by atoms with E-state index < -0.39 is 0 Å². The van der Waals surface area contributed by atoms with Gasteiger partial charge in [0.25, 0.3) is 0 Å². The smallest absolute Gasteiger partial charge is 0.142 e. The fourth-order valence-corrected chi connectivity index (χ4v) is 1.97. The first-order valence-electron chi connectivity index (χ1n) is 6.49. The van der Waals surface area contributed by atoms with Gasteiger partial charge in [-0.1, -0.05) is 30.3 Å². The first kappa shape index (κ1) is 14.5. The van der Waals surface area contributed by atoms with Crippen LogP contribution < -0.4 is 0 Å². The summed E-state index contributed by atoms with van der Waals surface area (Å²) >= 11 is 0. The first-order valence-corrected chi connectivity index (χ1v) is 6.49. The Morgan fingerprint density at radius 3 is 2.55 bits per heavy atom. The van der Waals surface area contributed by atoms with Gasteiger partial charge in [0, 0.05) is 24.4 Å². The molecule has 106 valence electrons. The molecule has 1 aromatic carbocycles. The molecule has 0 fully saturated rings. The quantitative estimate of drug-likeness (QED) is 0.879. The summed E-state index contributed by atoms with van der Waals surface area (Å²) in [5, 5.41) is 10.0. The number of hydrogen-bond donors (Lipinski definition) is 1. The van der Waals surface area contributed by atoms with Crippen molar-refractivity contribution in [3.05, 3.63) is 58.9 Å². The number of aromatic nitrogens is 1. The number of methoxy groups -OCH3 is 1. The highest BCUT2D eigenvalue weighted by molar-refractivity contribution is 5.40. The molecule has 0 unspecified atom stereocenters. The second-order valence-electron chi connectivity index (χ2n) is 4.61. The molecule has 1 N–H and O–H groups in total. The average Bonchev–Trinajstić information content (AvgIpc) is 2.47. The Balaban J connectivity index is 2.04. The predicted molar refractivity (Wildman–Crippen MR) is 76.3 cm³/mol. The highest BCUT2D eigenvalue weighted by Crippen LogP contribution is 2.25. The second kappa shape index (κ2) is 7.03. The number of hydrogen-bond acceptors (Lipinski definition) is 4. The summed E-state index contributed by atoms with van der Waals surface area (Å²) in [6, 6.07) is 9.96. The fraction of sp³-hybridized carbons (Fsp3) is 0.312. The molecule has 1 heterocycles. The number of rotatable bonds is 6. The zero-order valence-electron chi connectivity index (χ0n) is 11.8. The van der Waals surface area contributed by atoms with E-state index >= 15 is 0 Å². The van der Waals surface area contributed by atoms with Crippen LogP contribution in [0.4, 0.5) is 0 Å². The largest absolute Gasteiger partial charge is 0.506 e. The summed E-state index contributed by atoms with van der Waals surface area (Å²) in [4.78, 5) is 4.16. The zero-order valence-corrected chi connectivity index (χ0v) is 11.8. The van der Waals surface area contributed by atoms with E-state index in [4.69, 9.17) is 9.47 Å². The lowest BCUT2D eigenvalue weighted by molar-refractivity contribution is 0.103. The summed E-state index contributed by atoms with van der Waals surface area (Å²) in [6.45, 7) is 3.04. The van der Waals surface area contributed by atoms with Crippen molar-refractivity contribution in [2.75, 3.05) is 7.11 Å². The van der Waals surface area contributed by atoms with E-state index in [1.54, 1.807) is 20.2 Å². The van der Waals surface area contributed by atoms with Gasteiger partial charge in [0.1, 0.15) is 5.75 Å². The van der Waals surface area contributed by atoms with Crippen molar-refractivity contribution in [1.82, 2.24) is 4.98 Å². The Morgan fingerprint density at radius 2 is 1.85 bits per heavy atom. The molecule has 0 atom stereocenters. The summed E-state index contributed by atoms with van der Waals surface area (Å²) in [5.41, 5.74) is 3.31. The third kappa shape index (κ3) is 3.56. The van der Waals surface area contributed by atoms with E-state index in [2.05, 4.69) is 4.98 Å². The van der Waals surface area contributed by atoms with Crippen molar-refractivity contribution < 1.29 is 14.6 Å². The molecule has 20 heavy (non-hydrogen) atoms. The number of nitrogens with zero attached hydrogens (tertiary/aromatic N) is 1. The lowest BCUT2D eigenvalue weighted by Crippen LogP contribution is -2.03. The van der Waals surface area contributed by atoms with Crippen LogP contribution in [0.5, 0.6) is 5.75 Å². The molecule has 2 rings (SSSR count). The van der Waals surface area contributed by atoms with Crippen molar-refractivity contribution in [3.63, 3.8) is 0 Å². The standard InChI is InChI=1S/C16H19NO3/c1-12-16(18)15(11-19-2)14(8-17-12)10-20-9-13-6-4-3-5-7-13/h3-8,18H,9-11H2,1-2H3. The van der Waals surface area contributed by atoms with Crippen molar-refractivity contribution in [2.24, 2.45) is 0 Å². The van der Waals surface area contributed by atoms with Gasteiger partial charge < -0.3 is 14.6 Å². The molecule has 0 amide bonds. The summed E-state index contributed by atoms with van der Waals surface area (Å²) in [6.07, 6.45) is 1.73. The Morgan fingerprint density at radius 1 is 1.10 bits per heavy atom. The summed E-state index contributed by atoms with van der Waals surface area (Å²) in [7, 11) is 1.60. The van der Waals surface area contributed by atoms with Gasteiger partial charge in [0.15, 0.2) is 0 Å². The van der Waals surface area contributed by atoms with E-state index in [0.29, 0.717) is 25.5 Å². The van der Waals surface area contributed by atoms with Crippen LogP contribution in [0.15, 0.2) is 36.5 Å². The van der Waals surface area contributed by atoms with Crippen molar-refractivity contribution in [3.8, 4) is 5.75 Å². The van der Waals surface area contributed by atoms with Crippen molar-refractivity contribution in [2.45, 2.75) is 26.7 Å². The van der Waals surface area contributed by atoms with Gasteiger partial charge >= 0.3 is 0 Å². The monoisotopic (exact) mass is 273 g/mol. The maximum absolute atomic E-state index is 10.0. The van der Waals surface area contributed by atoms with Crippen molar-refractivity contribution in [1.29, 1.82) is 0 Å². The molecule has 2 aromatic rings. The van der Waals surface area contributed by atoms with Crippen LogP contribution in [-0.2, 0) is 29.3 Å². The van der Waals surface area contributed by atoms with Gasteiger partial charge in [-0.25, -0.2) is 0 Å². The summed E-state index contributed by atoms with van der Waals surface area (Å²) < 4.78 is 10.8. The molecular formula is C16H19NO3. The Hall–Kier alpha value is -1.91. The van der Waals surface area contributed by atoms with Crippen LogP contribution in [0, 0.1) is 6.92 Å². The van der Waals surface area contributed by atoms with E-state index in [1.165, 1.54) is 0 Å². The number of ether oxygens (including phenoxy) is 2. The Labute approximate surface area is 119 Å². The van der Waals surface area contributed by atoms with E-state index in [0.717, 1.165) is 16.7 Å². The Bertz CT molecular complexity index is 555. The van der Waals surface area contributed by atoms with Gasteiger partial charge in [-0.2, -0.15) is 0 Å². The highest BCUT2D eigenvalue weighted by Gasteiger charge is 2.11. The van der Waals surface area contributed by atoms with E-state index in [-0.39, 0.29) is 5.75 Å². The SMILES string of the molecule is COCc1c(COCc2ccccc2)cnc(C)c1O. The molecule has 0 bridgehead atoms. The lowest BCUT2D eigenvalue weighted by Gasteiger charge is -2.12. The van der Waals surface area contributed by atoms with Crippen LogP contribution in [0.25, 0.3) is 0 Å². The normalized spacial score (nSPS) is 10.7. The zero-order chi connectivity index (χ0) is 14.4. The van der Waals surface area contributed by atoms with Gasteiger partial charge in [0.2, 0.25) is 0 Å². The number of aryl methyl sites for hydroxylation is 1. The minimum Gasteiger partial charge on any atom is -0.506 e. The molecular weight excluding hydrogens is 254 g/mol. The predicted octanol–water partition coefficient (Wildman–Crippen LogP) is 2.96. The molecule has 4 heteroatoms. The maximum Gasteiger partial charge on any atom is 0.142 e. The molecule has 0 saturated carbocycles. The third-order valence-corrected chi connectivity index (χ3v) is 3.09. The molecule has 4 nitrogen and oxygen atoms in total. The molecule has 0 radical (unpaired) electrons. The number of aromatic hydroxyl groups is 1. The van der Waals surface area contributed by atoms with Crippen LogP contribution in [0.2, 0.25) is 0 Å². The molecule has 0 aliphatic heterocycles.